The third-order valence-corrected chi connectivity index (χ3v) is 3.81. The third kappa shape index (κ3) is 3.85. The summed E-state index contributed by atoms with van der Waals surface area (Å²) in [5.41, 5.74) is 7.83. The third-order valence-electron chi connectivity index (χ3n) is 3.81. The molecule has 1 saturated heterocycles. The summed E-state index contributed by atoms with van der Waals surface area (Å²) in [6, 6.07) is 5.84. The van der Waals surface area contributed by atoms with Crippen LogP contribution in [-0.4, -0.2) is 38.8 Å². The fourth-order valence-corrected chi connectivity index (χ4v) is 2.71. The SMILES string of the molecule is COCC1CCN(Cc2cc(N)ccc2OC)CC1. The molecule has 0 amide bonds. The number of hydrogen-bond donors (Lipinski definition) is 1. The average Bonchev–Trinajstić information content (AvgIpc) is 2.42. The fraction of sp³-hybridized carbons (Fsp3) is 0.600. The summed E-state index contributed by atoms with van der Waals surface area (Å²) < 4.78 is 10.6. The van der Waals surface area contributed by atoms with Gasteiger partial charge in [-0.2, -0.15) is 0 Å². The summed E-state index contributed by atoms with van der Waals surface area (Å²) in [5, 5.41) is 0. The zero-order valence-electron chi connectivity index (χ0n) is 11.9. The lowest BCUT2D eigenvalue weighted by Crippen LogP contribution is -2.34. The van der Waals surface area contributed by atoms with Gasteiger partial charge in [0.1, 0.15) is 5.75 Å². The van der Waals surface area contributed by atoms with E-state index in [1.165, 1.54) is 18.4 Å². The number of nitrogen functional groups attached to an aromatic ring is 1. The monoisotopic (exact) mass is 264 g/mol. The van der Waals surface area contributed by atoms with E-state index in [1.807, 2.05) is 18.2 Å². The second-order valence-electron chi connectivity index (χ2n) is 5.25. The maximum Gasteiger partial charge on any atom is 0.123 e. The number of piperidine rings is 1. The topological polar surface area (TPSA) is 47.7 Å². The number of likely N-dealkylation sites (tertiary alicyclic amines) is 1. The Labute approximate surface area is 115 Å². The molecular formula is C15H24N2O2. The minimum Gasteiger partial charge on any atom is -0.496 e. The van der Waals surface area contributed by atoms with Crippen molar-refractivity contribution in [3.63, 3.8) is 0 Å². The summed E-state index contributed by atoms with van der Waals surface area (Å²) >= 11 is 0. The largest absolute Gasteiger partial charge is 0.496 e. The van der Waals surface area contributed by atoms with E-state index in [9.17, 15) is 0 Å². The number of nitrogens with zero attached hydrogens (tertiary/aromatic N) is 1. The molecule has 1 aromatic carbocycles. The molecule has 0 radical (unpaired) electrons. The van der Waals surface area contributed by atoms with E-state index in [4.69, 9.17) is 15.2 Å². The van der Waals surface area contributed by atoms with Gasteiger partial charge >= 0.3 is 0 Å². The van der Waals surface area contributed by atoms with Crippen molar-refractivity contribution in [3.8, 4) is 5.75 Å². The summed E-state index contributed by atoms with van der Waals surface area (Å²) in [4.78, 5) is 2.46. The van der Waals surface area contributed by atoms with Crippen LogP contribution in [0.4, 0.5) is 5.69 Å². The van der Waals surface area contributed by atoms with Crippen LogP contribution in [0.5, 0.6) is 5.75 Å². The van der Waals surface area contributed by atoms with Crippen LogP contribution in [-0.2, 0) is 11.3 Å². The molecule has 0 atom stereocenters. The van der Waals surface area contributed by atoms with Gasteiger partial charge in [-0.25, -0.2) is 0 Å². The maximum atomic E-state index is 5.86. The molecule has 106 valence electrons. The zero-order valence-corrected chi connectivity index (χ0v) is 11.9. The van der Waals surface area contributed by atoms with Gasteiger partial charge in [-0.05, 0) is 50.0 Å². The molecule has 2 N–H and O–H groups in total. The molecule has 4 nitrogen and oxygen atoms in total. The van der Waals surface area contributed by atoms with Crippen LogP contribution in [0.25, 0.3) is 0 Å². The normalized spacial score (nSPS) is 17.6. The van der Waals surface area contributed by atoms with Gasteiger partial charge in [-0.15, -0.1) is 0 Å². The fourth-order valence-electron chi connectivity index (χ4n) is 2.71. The van der Waals surface area contributed by atoms with Crippen molar-refractivity contribution in [3.05, 3.63) is 23.8 Å². The standard InChI is InChI=1S/C15H24N2O2/c1-18-11-12-5-7-17(8-6-12)10-13-9-14(16)3-4-15(13)19-2/h3-4,9,12H,5-8,10-11,16H2,1-2H3. The van der Waals surface area contributed by atoms with Crippen LogP contribution in [0.3, 0.4) is 0 Å². The molecule has 0 aromatic heterocycles. The molecule has 1 aliphatic rings. The van der Waals surface area contributed by atoms with Gasteiger partial charge in [-0.1, -0.05) is 0 Å². The first-order valence-electron chi connectivity index (χ1n) is 6.86. The van der Waals surface area contributed by atoms with E-state index in [-0.39, 0.29) is 0 Å². The molecule has 0 saturated carbocycles. The van der Waals surface area contributed by atoms with Crippen LogP contribution in [0.15, 0.2) is 18.2 Å². The number of rotatable bonds is 5. The number of benzene rings is 1. The average molecular weight is 264 g/mol. The van der Waals surface area contributed by atoms with Crippen molar-refractivity contribution in [1.82, 2.24) is 4.90 Å². The van der Waals surface area contributed by atoms with Gasteiger partial charge in [0.05, 0.1) is 7.11 Å². The molecular weight excluding hydrogens is 240 g/mol. The van der Waals surface area contributed by atoms with Gasteiger partial charge in [0.2, 0.25) is 0 Å². The molecule has 0 aliphatic carbocycles. The Kier molecular flexibility index (Phi) is 5.05. The van der Waals surface area contributed by atoms with Crippen molar-refractivity contribution in [2.45, 2.75) is 19.4 Å². The molecule has 0 unspecified atom stereocenters. The van der Waals surface area contributed by atoms with Gasteiger partial charge in [0, 0.05) is 31.5 Å². The quantitative estimate of drug-likeness (QED) is 0.828. The summed E-state index contributed by atoms with van der Waals surface area (Å²) in [7, 11) is 3.49. The van der Waals surface area contributed by atoms with E-state index in [2.05, 4.69) is 4.90 Å². The van der Waals surface area contributed by atoms with E-state index < -0.39 is 0 Å². The summed E-state index contributed by atoms with van der Waals surface area (Å²) in [5.74, 6) is 1.64. The van der Waals surface area contributed by atoms with Crippen LogP contribution >= 0.6 is 0 Å². The lowest BCUT2D eigenvalue weighted by atomic mass is 9.97. The predicted molar refractivity (Wildman–Crippen MR) is 77.3 cm³/mol. The van der Waals surface area contributed by atoms with Crippen molar-refractivity contribution < 1.29 is 9.47 Å². The highest BCUT2D eigenvalue weighted by molar-refractivity contribution is 5.47. The van der Waals surface area contributed by atoms with Crippen molar-refractivity contribution in [1.29, 1.82) is 0 Å². The zero-order chi connectivity index (χ0) is 13.7. The second-order valence-corrected chi connectivity index (χ2v) is 5.25. The maximum absolute atomic E-state index is 5.86. The highest BCUT2D eigenvalue weighted by Gasteiger charge is 2.20. The molecule has 1 heterocycles. The van der Waals surface area contributed by atoms with E-state index >= 15 is 0 Å². The lowest BCUT2D eigenvalue weighted by molar-refractivity contribution is 0.0965. The first kappa shape index (κ1) is 14.2. The van der Waals surface area contributed by atoms with Crippen molar-refractivity contribution in [2.75, 3.05) is 39.6 Å². The number of ether oxygens (including phenoxy) is 2. The lowest BCUT2D eigenvalue weighted by Gasteiger charge is -2.31. The Morgan fingerprint density at radius 1 is 1.26 bits per heavy atom. The molecule has 1 aliphatic heterocycles. The summed E-state index contributed by atoms with van der Waals surface area (Å²) in [6.45, 7) is 4.03. The first-order valence-corrected chi connectivity index (χ1v) is 6.86. The van der Waals surface area contributed by atoms with Crippen LogP contribution < -0.4 is 10.5 Å². The van der Waals surface area contributed by atoms with Gasteiger partial charge in [-0.3, -0.25) is 4.90 Å². The molecule has 0 spiro atoms. The minimum atomic E-state index is 0.712. The van der Waals surface area contributed by atoms with E-state index in [0.717, 1.165) is 37.7 Å². The molecule has 1 fully saturated rings. The Hall–Kier alpha value is -1.26. The summed E-state index contributed by atoms with van der Waals surface area (Å²) in [6.07, 6.45) is 2.41. The van der Waals surface area contributed by atoms with Crippen LogP contribution in [0.2, 0.25) is 0 Å². The highest BCUT2D eigenvalue weighted by atomic mass is 16.5. The van der Waals surface area contributed by atoms with Crippen molar-refractivity contribution >= 4 is 5.69 Å². The molecule has 0 bridgehead atoms. The first-order chi connectivity index (χ1) is 9.22. The number of nitrogens with two attached hydrogens (primary N) is 1. The second kappa shape index (κ2) is 6.78. The van der Waals surface area contributed by atoms with Crippen LogP contribution in [0.1, 0.15) is 18.4 Å². The number of hydrogen-bond acceptors (Lipinski definition) is 4. The van der Waals surface area contributed by atoms with Gasteiger partial charge in [0.25, 0.3) is 0 Å². The van der Waals surface area contributed by atoms with Crippen molar-refractivity contribution in [2.24, 2.45) is 5.92 Å². The Balaban J connectivity index is 1.93. The van der Waals surface area contributed by atoms with E-state index in [1.54, 1.807) is 14.2 Å². The van der Waals surface area contributed by atoms with E-state index in [0.29, 0.717) is 5.92 Å². The molecule has 1 aromatic rings. The predicted octanol–water partition coefficient (Wildman–Crippen LogP) is 2.14. The molecule has 19 heavy (non-hydrogen) atoms. The Morgan fingerprint density at radius 3 is 2.63 bits per heavy atom. The Morgan fingerprint density at radius 2 is 2.00 bits per heavy atom. The Bertz CT molecular complexity index is 401. The number of methoxy groups -OCH3 is 2. The highest BCUT2D eigenvalue weighted by Crippen LogP contribution is 2.25. The molecule has 2 rings (SSSR count). The van der Waals surface area contributed by atoms with Gasteiger partial charge in [0.15, 0.2) is 0 Å². The molecule has 4 heteroatoms. The minimum absolute atomic E-state index is 0.712. The number of anilines is 1. The van der Waals surface area contributed by atoms with Crippen LogP contribution in [0, 0.1) is 5.92 Å². The smallest absolute Gasteiger partial charge is 0.123 e. The van der Waals surface area contributed by atoms with Gasteiger partial charge < -0.3 is 15.2 Å².